The van der Waals surface area contributed by atoms with Gasteiger partial charge in [0, 0.05) is 30.0 Å². The summed E-state index contributed by atoms with van der Waals surface area (Å²) in [6.07, 6.45) is 4.21. The molecule has 218 valence electrons. The molecule has 0 radical (unpaired) electrons. The molecule has 3 aromatic carbocycles. The normalized spacial score (nSPS) is 11.5. The molecule has 43 heavy (non-hydrogen) atoms. The van der Waals surface area contributed by atoms with Crippen LogP contribution < -0.4 is 10.2 Å². The predicted octanol–water partition coefficient (Wildman–Crippen LogP) is 7.16. The Kier molecular flexibility index (Phi) is 9.76. The van der Waals surface area contributed by atoms with Crippen LogP contribution in [0.15, 0.2) is 103 Å². The first-order chi connectivity index (χ1) is 21.1. The van der Waals surface area contributed by atoms with Crippen molar-refractivity contribution in [3.8, 4) is 11.1 Å². The number of pyridine rings is 1. The molecular formula is C34H31N3O5S. The second-order valence-corrected chi connectivity index (χ2v) is 10.7. The van der Waals surface area contributed by atoms with E-state index in [1.54, 1.807) is 24.2 Å². The van der Waals surface area contributed by atoms with Gasteiger partial charge in [0.25, 0.3) is 0 Å². The van der Waals surface area contributed by atoms with Gasteiger partial charge in [0.2, 0.25) is 6.41 Å². The first-order valence-corrected chi connectivity index (χ1v) is 14.8. The zero-order valence-electron chi connectivity index (χ0n) is 23.6. The molecule has 5 rings (SSSR count). The molecule has 0 saturated heterocycles. The van der Waals surface area contributed by atoms with E-state index in [0.717, 1.165) is 45.1 Å². The Labute approximate surface area is 253 Å². The largest absolute Gasteiger partial charge is 0.462 e. The van der Waals surface area contributed by atoms with Gasteiger partial charge in [-0.25, -0.2) is 9.59 Å². The molecule has 0 aliphatic heterocycles. The van der Waals surface area contributed by atoms with Crippen LogP contribution in [-0.4, -0.2) is 36.6 Å². The van der Waals surface area contributed by atoms with Gasteiger partial charge in [-0.3, -0.25) is 9.78 Å². The fourth-order valence-corrected chi connectivity index (χ4v) is 5.63. The number of carbonyl (C=O) groups is 3. The Balaban J connectivity index is 1.39. The summed E-state index contributed by atoms with van der Waals surface area (Å²) in [6.45, 7) is 2.53. The first-order valence-electron chi connectivity index (χ1n) is 13.9. The summed E-state index contributed by atoms with van der Waals surface area (Å²) in [4.78, 5) is 43.7. The van der Waals surface area contributed by atoms with Crippen LogP contribution in [0.25, 0.3) is 21.9 Å². The Morgan fingerprint density at radius 2 is 1.81 bits per heavy atom. The van der Waals surface area contributed by atoms with Crippen molar-refractivity contribution < 1.29 is 23.9 Å². The van der Waals surface area contributed by atoms with E-state index >= 15 is 0 Å². The van der Waals surface area contributed by atoms with E-state index in [1.807, 2.05) is 90.3 Å². The molecule has 0 saturated carbocycles. The third-order valence-electron chi connectivity index (χ3n) is 6.95. The Morgan fingerprint density at radius 3 is 2.63 bits per heavy atom. The van der Waals surface area contributed by atoms with Crippen molar-refractivity contribution >= 4 is 46.3 Å². The quantitative estimate of drug-likeness (QED) is 0.122. The Bertz CT molecular complexity index is 1700. The number of alkyl carbamates (subject to hydrolysis) is 1. The Morgan fingerprint density at radius 1 is 0.953 bits per heavy atom. The van der Waals surface area contributed by atoms with E-state index in [9.17, 15) is 14.4 Å². The number of thiophene rings is 1. The highest BCUT2D eigenvalue weighted by atomic mass is 32.1. The third kappa shape index (κ3) is 7.44. The van der Waals surface area contributed by atoms with Crippen molar-refractivity contribution in [3.63, 3.8) is 0 Å². The molecule has 2 amide bonds. The number of amides is 2. The highest BCUT2D eigenvalue weighted by Crippen LogP contribution is 2.34. The number of ether oxygens (including phenoxy) is 2. The number of benzene rings is 3. The van der Waals surface area contributed by atoms with Crippen LogP contribution in [0.2, 0.25) is 0 Å². The van der Waals surface area contributed by atoms with Gasteiger partial charge in [-0.05, 0) is 76.7 Å². The lowest BCUT2D eigenvalue weighted by molar-refractivity contribution is -0.108. The van der Waals surface area contributed by atoms with E-state index in [1.165, 1.54) is 11.3 Å². The molecule has 1 unspecified atom stereocenters. The summed E-state index contributed by atoms with van der Waals surface area (Å²) in [6, 6.07) is 26.4. The minimum Gasteiger partial charge on any atom is -0.462 e. The molecule has 1 N–H and O–H groups in total. The first kappa shape index (κ1) is 29.5. The minimum absolute atomic E-state index is 0.166. The molecule has 0 aliphatic carbocycles. The van der Waals surface area contributed by atoms with Gasteiger partial charge in [-0.1, -0.05) is 54.6 Å². The number of nitrogens with zero attached hydrogens (tertiary/aromatic N) is 2. The molecule has 0 bridgehead atoms. The van der Waals surface area contributed by atoms with Crippen molar-refractivity contribution in [2.45, 2.75) is 26.0 Å². The number of rotatable bonds is 12. The lowest BCUT2D eigenvalue weighted by atomic mass is 9.97. The van der Waals surface area contributed by atoms with Crippen LogP contribution in [0.3, 0.4) is 0 Å². The topological polar surface area (TPSA) is 97.8 Å². The van der Waals surface area contributed by atoms with Gasteiger partial charge in [-0.2, -0.15) is 0 Å². The lowest BCUT2D eigenvalue weighted by Crippen LogP contribution is -2.32. The lowest BCUT2D eigenvalue weighted by Gasteiger charge is -2.29. The van der Waals surface area contributed by atoms with Crippen LogP contribution in [0, 0.1) is 0 Å². The number of aromatic nitrogens is 1. The van der Waals surface area contributed by atoms with Gasteiger partial charge >= 0.3 is 12.1 Å². The summed E-state index contributed by atoms with van der Waals surface area (Å²) in [5.74, 6) is -0.350. The summed E-state index contributed by atoms with van der Waals surface area (Å²) in [7, 11) is 0. The van der Waals surface area contributed by atoms with E-state index in [0.29, 0.717) is 17.9 Å². The maximum absolute atomic E-state index is 12.7. The summed E-state index contributed by atoms with van der Waals surface area (Å²) < 4.78 is 10.5. The number of nitrogens with one attached hydrogen (secondary N) is 1. The molecule has 0 aliphatic rings. The van der Waals surface area contributed by atoms with Gasteiger partial charge < -0.3 is 19.7 Å². The average Bonchev–Trinajstić information content (AvgIpc) is 3.55. The summed E-state index contributed by atoms with van der Waals surface area (Å²) >= 11 is 1.33. The van der Waals surface area contributed by atoms with E-state index in [4.69, 9.17) is 9.47 Å². The molecule has 0 spiro atoms. The van der Waals surface area contributed by atoms with Gasteiger partial charge in [0.1, 0.15) is 11.5 Å². The number of esters is 1. The van der Waals surface area contributed by atoms with Crippen LogP contribution >= 0.6 is 11.3 Å². The highest BCUT2D eigenvalue weighted by Gasteiger charge is 2.22. The second-order valence-electron chi connectivity index (χ2n) is 9.76. The summed E-state index contributed by atoms with van der Waals surface area (Å²) in [5, 5.41) is 6.67. The molecule has 9 heteroatoms. The van der Waals surface area contributed by atoms with Crippen molar-refractivity contribution in [2.75, 3.05) is 18.1 Å². The van der Waals surface area contributed by atoms with Crippen LogP contribution in [0.1, 0.15) is 40.2 Å². The zero-order chi connectivity index (χ0) is 30.0. The Hall–Kier alpha value is -5.02. The van der Waals surface area contributed by atoms with E-state index in [-0.39, 0.29) is 19.1 Å². The van der Waals surface area contributed by atoms with Crippen molar-refractivity contribution in [3.05, 3.63) is 119 Å². The predicted molar refractivity (Wildman–Crippen MR) is 168 cm³/mol. The molecule has 0 fully saturated rings. The van der Waals surface area contributed by atoms with Crippen molar-refractivity contribution in [1.82, 2.24) is 10.3 Å². The van der Waals surface area contributed by atoms with E-state index in [2.05, 4.69) is 10.3 Å². The number of carbonyl (C=O) groups excluding carboxylic acids is 3. The van der Waals surface area contributed by atoms with E-state index < -0.39 is 12.1 Å². The van der Waals surface area contributed by atoms with Gasteiger partial charge in [-0.15, -0.1) is 11.3 Å². The number of hydrogen-bond acceptors (Lipinski definition) is 7. The molecule has 1 atom stereocenters. The average molecular weight is 594 g/mol. The monoisotopic (exact) mass is 593 g/mol. The summed E-state index contributed by atoms with van der Waals surface area (Å²) in [5.41, 5.74) is 4.27. The fraction of sp³-hybridized carbons (Fsp3) is 0.176. The molecule has 2 aromatic heterocycles. The van der Waals surface area contributed by atoms with Gasteiger partial charge in [0.15, 0.2) is 0 Å². The molecular weight excluding hydrogens is 562 g/mol. The molecule has 8 nitrogen and oxygen atoms in total. The SMILES string of the molecule is CCOC(=O)c1cc(-c2cccc(C(CCNC(=O)OCc3ccccc3)N(C=O)c3ccc4cnccc4c3)c2)cs1. The third-order valence-corrected chi connectivity index (χ3v) is 7.86. The smallest absolute Gasteiger partial charge is 0.407 e. The minimum atomic E-state index is -0.531. The van der Waals surface area contributed by atoms with Crippen molar-refractivity contribution in [1.29, 1.82) is 0 Å². The highest BCUT2D eigenvalue weighted by molar-refractivity contribution is 7.12. The number of fused-ring (bicyclic) bond motifs is 1. The maximum atomic E-state index is 12.7. The fourth-order valence-electron chi connectivity index (χ4n) is 4.82. The van der Waals surface area contributed by atoms with Crippen LogP contribution in [0.5, 0.6) is 0 Å². The zero-order valence-corrected chi connectivity index (χ0v) is 24.5. The molecule has 2 heterocycles. The molecule has 5 aromatic rings. The standard InChI is InChI=1S/C34H31N3O5S/c1-2-41-33(39)32-19-29(22-43-32)25-9-6-10-27(17-25)31(14-16-36-34(40)42-21-24-7-4-3-5-8-24)37(23-38)30-12-11-28-20-35-15-13-26(28)18-30/h3-13,15,17-20,22-23,31H,2,14,16,21H2,1H3,(H,36,40). The van der Waals surface area contributed by atoms with Crippen molar-refractivity contribution in [2.24, 2.45) is 0 Å². The van der Waals surface area contributed by atoms with Gasteiger partial charge in [0.05, 0.1) is 12.6 Å². The number of anilines is 1. The van der Waals surface area contributed by atoms with Crippen LogP contribution in [-0.2, 0) is 20.9 Å². The second kappa shape index (κ2) is 14.2. The maximum Gasteiger partial charge on any atom is 0.407 e. The van der Waals surface area contributed by atoms with Crippen LogP contribution in [0.4, 0.5) is 10.5 Å². The number of hydrogen-bond donors (Lipinski definition) is 1.